The minimum atomic E-state index is -5.45. The predicted octanol–water partition coefficient (Wildman–Crippen LogP) is 2.74. The minimum Gasteiger partial charge on any atom is -0.359 e. The molecular formula is C9H15F6NO. The highest BCUT2D eigenvalue weighted by molar-refractivity contribution is 4.78. The molecule has 1 N–H and O–H groups in total. The number of hydrogen-bond acceptors (Lipinski definition) is 2. The molecule has 2 nitrogen and oxygen atoms in total. The summed E-state index contributed by atoms with van der Waals surface area (Å²) in [4.78, 5) is 0. The zero-order chi connectivity index (χ0) is 13.9. The van der Waals surface area contributed by atoms with Gasteiger partial charge in [-0.05, 0) is 13.0 Å². The molecule has 0 aromatic rings. The molecule has 0 rings (SSSR count). The summed E-state index contributed by atoms with van der Waals surface area (Å²) in [6.45, 7) is 2.68. The smallest absolute Gasteiger partial charge is 0.359 e. The molecule has 0 aromatic carbocycles. The number of alkyl halides is 6. The Balaban J connectivity index is 4.58. The van der Waals surface area contributed by atoms with Crippen LogP contribution in [0.4, 0.5) is 26.3 Å². The van der Waals surface area contributed by atoms with Crippen LogP contribution in [0.2, 0.25) is 0 Å². The van der Waals surface area contributed by atoms with Gasteiger partial charge in [0.15, 0.2) is 0 Å². The van der Waals surface area contributed by atoms with E-state index in [9.17, 15) is 26.3 Å². The first-order valence-electron chi connectivity index (χ1n) is 4.92. The molecule has 0 spiro atoms. The van der Waals surface area contributed by atoms with Crippen LogP contribution in [-0.4, -0.2) is 38.2 Å². The first kappa shape index (κ1) is 16.5. The zero-order valence-corrected chi connectivity index (χ0v) is 9.62. The van der Waals surface area contributed by atoms with Crippen molar-refractivity contribution in [1.29, 1.82) is 0 Å². The second kappa shape index (κ2) is 5.90. The summed E-state index contributed by atoms with van der Waals surface area (Å²) < 4.78 is 76.6. The Bertz CT molecular complexity index is 211. The molecule has 0 bridgehead atoms. The van der Waals surface area contributed by atoms with Crippen molar-refractivity contribution < 1.29 is 31.1 Å². The maximum Gasteiger partial charge on any atom is 0.423 e. The number of hydrogen-bond donors (Lipinski definition) is 1. The van der Waals surface area contributed by atoms with Crippen molar-refractivity contribution in [3.05, 3.63) is 0 Å². The van der Waals surface area contributed by atoms with E-state index < -0.39 is 31.1 Å². The van der Waals surface area contributed by atoms with E-state index in [4.69, 9.17) is 0 Å². The van der Waals surface area contributed by atoms with Gasteiger partial charge in [0.1, 0.15) is 0 Å². The average molecular weight is 267 g/mol. The molecule has 0 aliphatic carbocycles. The van der Waals surface area contributed by atoms with E-state index in [0.29, 0.717) is 0 Å². The minimum absolute atomic E-state index is 0.137. The van der Waals surface area contributed by atoms with E-state index in [0.717, 1.165) is 0 Å². The maximum absolute atomic E-state index is 12.1. The van der Waals surface area contributed by atoms with Crippen molar-refractivity contribution in [2.75, 3.05) is 13.7 Å². The topological polar surface area (TPSA) is 21.3 Å². The fourth-order valence-electron chi connectivity index (χ4n) is 1.18. The van der Waals surface area contributed by atoms with Gasteiger partial charge in [-0.3, -0.25) is 0 Å². The molecule has 0 aliphatic heterocycles. The third-order valence-electron chi connectivity index (χ3n) is 2.21. The highest BCUT2D eigenvalue weighted by atomic mass is 19.4. The van der Waals surface area contributed by atoms with E-state index in [1.165, 1.54) is 7.05 Å². The third kappa shape index (κ3) is 5.58. The predicted molar refractivity (Wildman–Crippen MR) is 49.5 cm³/mol. The molecule has 0 aromatic heterocycles. The lowest BCUT2D eigenvalue weighted by atomic mass is 10.1. The van der Waals surface area contributed by atoms with Crippen LogP contribution in [0.15, 0.2) is 0 Å². The molecule has 0 saturated heterocycles. The lowest BCUT2D eigenvalue weighted by molar-refractivity contribution is -0.323. The SMILES string of the molecule is CNC(COC(C(F)(F)F)C(F)(F)F)C(C)C. The molecule has 104 valence electrons. The van der Waals surface area contributed by atoms with E-state index in [2.05, 4.69) is 10.1 Å². The van der Waals surface area contributed by atoms with Crippen LogP contribution >= 0.6 is 0 Å². The second-order valence-electron chi connectivity index (χ2n) is 3.94. The lowest BCUT2D eigenvalue weighted by Gasteiger charge is -2.27. The number of rotatable bonds is 5. The van der Waals surface area contributed by atoms with Crippen molar-refractivity contribution in [2.45, 2.75) is 38.3 Å². The van der Waals surface area contributed by atoms with Gasteiger partial charge < -0.3 is 10.1 Å². The summed E-state index contributed by atoms with van der Waals surface area (Å²) in [7, 11) is 1.45. The number of halogens is 6. The van der Waals surface area contributed by atoms with Gasteiger partial charge in [-0.1, -0.05) is 13.8 Å². The Morgan fingerprint density at radius 3 is 1.65 bits per heavy atom. The molecule has 0 radical (unpaired) electrons. The Morgan fingerprint density at radius 2 is 1.41 bits per heavy atom. The molecule has 8 heteroatoms. The molecule has 0 saturated carbocycles. The Labute approximate surface area is 95.3 Å². The Kier molecular flexibility index (Phi) is 5.73. The molecule has 0 amide bonds. The second-order valence-corrected chi connectivity index (χ2v) is 3.94. The summed E-state index contributed by atoms with van der Waals surface area (Å²) in [5.74, 6) is -0.137. The molecule has 0 aliphatic rings. The molecular weight excluding hydrogens is 252 g/mol. The van der Waals surface area contributed by atoms with Gasteiger partial charge in [0.2, 0.25) is 6.10 Å². The van der Waals surface area contributed by atoms with Crippen LogP contribution < -0.4 is 5.32 Å². The van der Waals surface area contributed by atoms with Gasteiger partial charge in [0, 0.05) is 6.04 Å². The quantitative estimate of drug-likeness (QED) is 0.773. The number of likely N-dealkylation sites (N-methyl/N-ethyl adjacent to an activating group) is 1. The first-order chi connectivity index (χ1) is 7.50. The Morgan fingerprint density at radius 1 is 1.00 bits per heavy atom. The van der Waals surface area contributed by atoms with Gasteiger partial charge in [-0.25, -0.2) is 0 Å². The van der Waals surface area contributed by atoms with Crippen molar-refractivity contribution in [3.8, 4) is 0 Å². The largest absolute Gasteiger partial charge is 0.423 e. The maximum atomic E-state index is 12.1. The van der Waals surface area contributed by atoms with Crippen LogP contribution in [0.5, 0.6) is 0 Å². The molecule has 1 unspecified atom stereocenters. The summed E-state index contributed by atoms with van der Waals surface area (Å²) >= 11 is 0. The van der Waals surface area contributed by atoms with Crippen molar-refractivity contribution >= 4 is 0 Å². The monoisotopic (exact) mass is 267 g/mol. The van der Waals surface area contributed by atoms with Crippen LogP contribution in [0, 0.1) is 5.92 Å². The molecule has 0 heterocycles. The number of ether oxygens (including phenoxy) is 1. The van der Waals surface area contributed by atoms with E-state index in [1.54, 1.807) is 13.8 Å². The van der Waals surface area contributed by atoms with Gasteiger partial charge >= 0.3 is 12.4 Å². The lowest BCUT2D eigenvalue weighted by Crippen LogP contribution is -2.47. The van der Waals surface area contributed by atoms with E-state index >= 15 is 0 Å². The summed E-state index contributed by atoms with van der Waals surface area (Å²) in [5, 5.41) is 2.60. The first-order valence-corrected chi connectivity index (χ1v) is 4.92. The summed E-state index contributed by atoms with van der Waals surface area (Å²) in [5.41, 5.74) is 0. The normalized spacial score (nSPS) is 15.7. The van der Waals surface area contributed by atoms with Gasteiger partial charge in [0.25, 0.3) is 0 Å². The molecule has 1 atom stereocenters. The van der Waals surface area contributed by atoms with Crippen LogP contribution in [0.3, 0.4) is 0 Å². The van der Waals surface area contributed by atoms with Gasteiger partial charge in [-0.2, -0.15) is 26.3 Å². The average Bonchev–Trinajstić information content (AvgIpc) is 2.07. The molecule has 17 heavy (non-hydrogen) atoms. The van der Waals surface area contributed by atoms with Crippen LogP contribution in [0.25, 0.3) is 0 Å². The van der Waals surface area contributed by atoms with Crippen LogP contribution in [0.1, 0.15) is 13.8 Å². The fraction of sp³-hybridized carbons (Fsp3) is 1.00. The zero-order valence-electron chi connectivity index (χ0n) is 9.62. The Hall–Kier alpha value is -0.500. The van der Waals surface area contributed by atoms with Crippen molar-refractivity contribution in [2.24, 2.45) is 5.92 Å². The van der Waals surface area contributed by atoms with E-state index in [1.807, 2.05) is 0 Å². The van der Waals surface area contributed by atoms with Crippen molar-refractivity contribution in [1.82, 2.24) is 5.32 Å². The standard InChI is InChI=1S/C9H15F6NO/c1-5(2)6(16-3)4-17-7(8(10,11)12)9(13,14)15/h5-7,16H,4H2,1-3H3. The van der Waals surface area contributed by atoms with Gasteiger partial charge in [0.05, 0.1) is 6.61 Å². The van der Waals surface area contributed by atoms with Crippen LogP contribution in [-0.2, 0) is 4.74 Å². The van der Waals surface area contributed by atoms with E-state index in [-0.39, 0.29) is 5.92 Å². The van der Waals surface area contributed by atoms with Crippen molar-refractivity contribution in [3.63, 3.8) is 0 Å². The molecule has 0 fully saturated rings. The highest BCUT2D eigenvalue weighted by Crippen LogP contribution is 2.35. The summed E-state index contributed by atoms with van der Waals surface area (Å²) in [6.07, 6.45) is -14.6. The van der Waals surface area contributed by atoms with Gasteiger partial charge in [-0.15, -0.1) is 0 Å². The fourth-order valence-corrected chi connectivity index (χ4v) is 1.18. The highest BCUT2D eigenvalue weighted by Gasteiger charge is 2.58. The third-order valence-corrected chi connectivity index (χ3v) is 2.21. The number of nitrogens with one attached hydrogen (secondary N) is 1. The summed E-state index contributed by atoms with van der Waals surface area (Å²) in [6, 6.07) is -0.567.